The molecule has 4 atom stereocenters. The number of hydrogen-bond acceptors (Lipinski definition) is 5. The fourth-order valence-electron chi connectivity index (χ4n) is 1.77. The molecular weight excluding hydrogens is 247 g/mol. The van der Waals surface area contributed by atoms with E-state index in [-0.39, 0.29) is 26.0 Å². The quantitative estimate of drug-likeness (QED) is 0.342. The van der Waals surface area contributed by atoms with Gasteiger partial charge in [-0.2, -0.15) is 0 Å². The normalized spacial score (nSPS) is 30.2. The first-order chi connectivity index (χ1) is 9.03. The standard InChI is InChI=1S/C7H21B5NO4P/c1-13(12(9)10)18(17-11)16-5-3-7(8)15-6(5)4-14-2/h5-7H,3-4,8-11H2,1-2H3/i8D. The highest BCUT2D eigenvalue weighted by molar-refractivity contribution is 7.51. The van der Waals surface area contributed by atoms with Crippen LogP contribution >= 0.6 is 8.53 Å². The minimum Gasteiger partial charge on any atom is -0.393 e. The summed E-state index contributed by atoms with van der Waals surface area (Å²) in [5, 5.41) is 0. The van der Waals surface area contributed by atoms with Crippen molar-refractivity contribution in [1.82, 2.24) is 4.58 Å². The van der Waals surface area contributed by atoms with Gasteiger partial charge in [0.2, 0.25) is 8.53 Å². The van der Waals surface area contributed by atoms with Gasteiger partial charge >= 0.3 is 0 Å². The molecule has 0 aromatic rings. The van der Waals surface area contributed by atoms with Crippen molar-refractivity contribution in [3.8, 4) is 0 Å². The molecule has 98 valence electrons. The molecule has 0 radical (unpaired) electrons. The van der Waals surface area contributed by atoms with Crippen molar-refractivity contribution in [3.05, 3.63) is 0 Å². The van der Waals surface area contributed by atoms with Crippen molar-refractivity contribution >= 4 is 46.5 Å². The second-order valence-corrected chi connectivity index (χ2v) is 6.40. The van der Waals surface area contributed by atoms with E-state index >= 15 is 0 Å². The zero-order chi connectivity index (χ0) is 14.4. The van der Waals surface area contributed by atoms with E-state index in [1.807, 2.05) is 7.05 Å². The summed E-state index contributed by atoms with van der Waals surface area (Å²) < 4.78 is 31.9. The average molecular weight is 269 g/mol. The van der Waals surface area contributed by atoms with E-state index in [9.17, 15) is 0 Å². The molecule has 0 aromatic carbocycles. The van der Waals surface area contributed by atoms with Crippen LogP contribution in [0.3, 0.4) is 0 Å². The molecule has 0 N–H and O–H groups in total. The first-order valence-corrected chi connectivity index (χ1v) is 7.33. The molecule has 11 heteroatoms. The van der Waals surface area contributed by atoms with Gasteiger partial charge in [-0.25, -0.2) is 0 Å². The lowest BCUT2D eigenvalue weighted by molar-refractivity contribution is -0.0107. The van der Waals surface area contributed by atoms with Gasteiger partial charge < -0.3 is 18.4 Å². The number of methoxy groups -OCH3 is 1. The van der Waals surface area contributed by atoms with Crippen LogP contribution in [-0.2, 0) is 18.4 Å². The molecule has 0 spiro atoms. The molecule has 1 saturated heterocycles. The maximum absolute atomic E-state index is 7.43. The number of rotatable bonds is 8. The largest absolute Gasteiger partial charge is 0.393 e. The average Bonchev–Trinajstić information content (AvgIpc) is 2.77. The van der Waals surface area contributed by atoms with Crippen LogP contribution in [0.4, 0.5) is 0 Å². The maximum Gasteiger partial charge on any atom is 0.267 e. The molecule has 4 unspecified atom stereocenters. The Balaban J connectivity index is 2.60. The molecule has 1 heterocycles. The van der Waals surface area contributed by atoms with Crippen molar-refractivity contribution in [2.75, 3.05) is 20.8 Å². The van der Waals surface area contributed by atoms with E-state index in [4.69, 9.17) is 19.8 Å². The summed E-state index contributed by atoms with van der Waals surface area (Å²) in [4.78, 5) is 0. The lowest BCUT2D eigenvalue weighted by atomic mass is 9.28. The summed E-state index contributed by atoms with van der Waals surface area (Å²) in [5.74, 6) is 0. The zero-order valence-corrected chi connectivity index (χ0v) is 12.9. The van der Waals surface area contributed by atoms with Gasteiger partial charge in [0.25, 0.3) is 8.05 Å². The maximum atomic E-state index is 7.43. The third-order valence-corrected chi connectivity index (χ3v) is 4.74. The third kappa shape index (κ3) is 4.59. The lowest BCUT2D eigenvalue weighted by Crippen LogP contribution is -2.36. The van der Waals surface area contributed by atoms with Crippen molar-refractivity contribution in [2.45, 2.75) is 24.6 Å². The van der Waals surface area contributed by atoms with Gasteiger partial charge in [0, 0.05) is 13.1 Å². The predicted molar refractivity (Wildman–Crippen MR) is 85.7 cm³/mol. The molecule has 0 aliphatic carbocycles. The van der Waals surface area contributed by atoms with Crippen LogP contribution in [-0.4, -0.2) is 82.9 Å². The van der Waals surface area contributed by atoms with Crippen LogP contribution in [0.25, 0.3) is 0 Å². The first kappa shape index (κ1) is 15.0. The Bertz CT molecular complexity index is 272. The molecular formula is C7H21B5NO4P. The summed E-state index contributed by atoms with van der Waals surface area (Å²) in [5.41, 5.74) is 0. The Kier molecular flexibility index (Phi) is 6.63. The molecule has 1 aliphatic rings. The molecule has 0 aromatic heterocycles. The minimum atomic E-state index is -1.09. The Morgan fingerprint density at radius 1 is 1.61 bits per heavy atom. The summed E-state index contributed by atoms with van der Waals surface area (Å²) >= 11 is 0. The number of nitrogens with zero attached hydrogens (tertiary/aromatic N) is 1. The fraction of sp³-hybridized carbons (Fsp3) is 1.00. The van der Waals surface area contributed by atoms with Gasteiger partial charge in [0.1, 0.15) is 20.5 Å². The summed E-state index contributed by atoms with van der Waals surface area (Å²) in [6.07, 6.45) is 0.551. The monoisotopic (exact) mass is 270 g/mol. The summed E-state index contributed by atoms with van der Waals surface area (Å²) in [6, 6.07) is -0.0665. The van der Waals surface area contributed by atoms with E-state index in [1.54, 1.807) is 15.2 Å². The van der Waals surface area contributed by atoms with Crippen molar-refractivity contribution < 1.29 is 18.4 Å². The molecule has 0 bridgehead atoms. The van der Waals surface area contributed by atoms with Crippen LogP contribution in [0.1, 0.15) is 6.42 Å². The van der Waals surface area contributed by atoms with Crippen LogP contribution in [0, 0.1) is 0 Å². The Hall–Kier alpha value is 0.555. The van der Waals surface area contributed by atoms with E-state index in [0.29, 0.717) is 13.2 Å². The predicted octanol–water partition coefficient (Wildman–Crippen LogP) is -3.26. The van der Waals surface area contributed by atoms with Crippen LogP contribution in [0.2, 0.25) is 0 Å². The van der Waals surface area contributed by atoms with E-state index in [0.717, 1.165) is 6.42 Å². The molecule has 0 saturated carbocycles. The van der Waals surface area contributed by atoms with Crippen molar-refractivity contribution in [3.63, 3.8) is 0 Å². The highest BCUT2D eigenvalue weighted by Crippen LogP contribution is 2.44. The van der Waals surface area contributed by atoms with Gasteiger partial charge in [-0.1, -0.05) is 0 Å². The van der Waals surface area contributed by atoms with Gasteiger partial charge in [-0.15, -0.1) is 0 Å². The van der Waals surface area contributed by atoms with Crippen LogP contribution < -0.4 is 0 Å². The summed E-state index contributed by atoms with van der Waals surface area (Å²) in [7, 11) is 8.65. The Labute approximate surface area is 117 Å². The second-order valence-electron chi connectivity index (χ2n) is 4.72. The Morgan fingerprint density at radius 3 is 2.83 bits per heavy atom. The van der Waals surface area contributed by atoms with Gasteiger partial charge in [0.15, 0.2) is 0 Å². The first-order valence-electron chi connectivity index (χ1n) is 6.91. The fourth-order valence-corrected chi connectivity index (χ4v) is 3.10. The van der Waals surface area contributed by atoms with Crippen LogP contribution in [0.5, 0.6) is 0 Å². The van der Waals surface area contributed by atoms with E-state index in [2.05, 4.69) is 20.1 Å². The van der Waals surface area contributed by atoms with Gasteiger partial charge in [-0.3, -0.25) is 4.58 Å². The second kappa shape index (κ2) is 7.98. The van der Waals surface area contributed by atoms with Gasteiger partial charge in [0.05, 0.1) is 28.2 Å². The highest BCUT2D eigenvalue weighted by atomic mass is 31.2. The summed E-state index contributed by atoms with van der Waals surface area (Å²) in [6.45, 7) is 0.834. The van der Waals surface area contributed by atoms with Crippen molar-refractivity contribution in [2.24, 2.45) is 0 Å². The van der Waals surface area contributed by atoms with Crippen LogP contribution in [0.15, 0.2) is 0 Å². The minimum absolute atomic E-state index is 0.0665. The molecule has 0 amide bonds. The molecule has 5 nitrogen and oxygen atoms in total. The smallest absolute Gasteiger partial charge is 0.267 e. The Morgan fingerprint density at radius 2 is 2.33 bits per heavy atom. The molecule has 1 fully saturated rings. The SMILES string of the molecule is [2H]BC1CC(OP(OB)N(C)B(B)B)C(COC)O1. The molecule has 1 aliphatic heterocycles. The number of hydrogen-bond donors (Lipinski definition) is 0. The van der Waals surface area contributed by atoms with Gasteiger partial charge in [-0.05, 0) is 14.8 Å². The topological polar surface area (TPSA) is 40.2 Å². The zero-order valence-electron chi connectivity index (χ0n) is 13.0. The van der Waals surface area contributed by atoms with E-state index < -0.39 is 8.53 Å². The number of ether oxygens (including phenoxy) is 2. The highest BCUT2D eigenvalue weighted by Gasteiger charge is 2.36. The lowest BCUT2D eigenvalue weighted by Gasteiger charge is -2.31. The van der Waals surface area contributed by atoms with E-state index in [1.165, 1.54) is 0 Å². The molecule has 1 rings (SSSR count). The third-order valence-electron chi connectivity index (χ3n) is 2.99. The van der Waals surface area contributed by atoms with Crippen molar-refractivity contribution in [1.29, 1.82) is 1.34 Å². The molecule has 18 heavy (non-hydrogen) atoms.